The molecule has 2 heterocycles. The van der Waals surface area contributed by atoms with Gasteiger partial charge in [-0.2, -0.15) is 0 Å². The summed E-state index contributed by atoms with van der Waals surface area (Å²) in [6, 6.07) is 15.3. The van der Waals surface area contributed by atoms with Crippen molar-refractivity contribution in [3.05, 3.63) is 77.6 Å². The topological polar surface area (TPSA) is 122 Å². The molecule has 2 aliphatic rings. The molecule has 0 fully saturated rings. The number of nitrogens with one attached hydrogen (secondary N) is 2. The normalized spacial score (nSPS) is 20.6. The van der Waals surface area contributed by atoms with Gasteiger partial charge in [-0.05, 0) is 100 Å². The number of benzene rings is 3. The molecule has 3 aromatic rings. The molecular formula is C37H47FN4O7. The summed E-state index contributed by atoms with van der Waals surface area (Å²) < 4.78 is 37.1. The van der Waals surface area contributed by atoms with Crippen LogP contribution in [0.15, 0.2) is 60.7 Å². The lowest BCUT2D eigenvalue weighted by Crippen LogP contribution is -2.47. The Hall–Kier alpha value is -4.39. The number of nitrogens with zero attached hydrogens (tertiary/aromatic N) is 2. The molecule has 2 aliphatic heterocycles. The van der Waals surface area contributed by atoms with E-state index in [-0.39, 0.29) is 43.0 Å². The predicted octanol–water partition coefficient (Wildman–Crippen LogP) is 6.13. The molecule has 0 spiro atoms. The zero-order valence-corrected chi connectivity index (χ0v) is 28.6. The van der Waals surface area contributed by atoms with Crippen LogP contribution in [0.25, 0.3) is 0 Å². The lowest BCUT2D eigenvalue weighted by molar-refractivity contribution is -0.0177. The Labute approximate surface area is 287 Å². The van der Waals surface area contributed by atoms with Gasteiger partial charge >= 0.3 is 6.03 Å². The molecule has 0 radical (unpaired) electrons. The molecule has 3 aromatic carbocycles. The predicted molar refractivity (Wildman–Crippen MR) is 185 cm³/mol. The Morgan fingerprint density at radius 1 is 1.00 bits per heavy atom. The monoisotopic (exact) mass is 678 g/mol. The average molecular weight is 679 g/mol. The molecule has 5 rings (SSSR count). The van der Waals surface area contributed by atoms with E-state index in [0.29, 0.717) is 43.4 Å². The number of fused-ring (bicyclic) bond motifs is 2. The van der Waals surface area contributed by atoms with Crippen LogP contribution in [0.5, 0.6) is 17.2 Å². The first-order chi connectivity index (χ1) is 23.6. The highest BCUT2D eigenvalue weighted by atomic mass is 19.1. The van der Waals surface area contributed by atoms with Gasteiger partial charge in [-0.3, -0.25) is 9.69 Å². The van der Waals surface area contributed by atoms with Crippen molar-refractivity contribution in [2.75, 3.05) is 50.8 Å². The number of amides is 3. The zero-order valence-electron chi connectivity index (χ0n) is 28.6. The standard InChI is InChI=1S/C37H47FN4O7/c1-24-19-42(25(2)22-43)36(44)31-18-30(40-37(45)39-29-11-9-28(38)10-12-29)13-15-32(31)49-26(3)7-5-6-16-46-35(24)21-41(4)20-27-8-14-33-34(17-27)48-23-47-33/h8-15,17-18,24-26,35,43H,5-7,16,19-23H2,1-4H3,(H2,39,40,45)/t24-,25+,26-,35+/m1/s1. The summed E-state index contributed by atoms with van der Waals surface area (Å²) in [5.41, 5.74) is 2.15. The third-order valence-electron chi connectivity index (χ3n) is 8.79. The highest BCUT2D eigenvalue weighted by Gasteiger charge is 2.30. The Bertz CT molecular complexity index is 1570. The van der Waals surface area contributed by atoms with E-state index < -0.39 is 17.9 Å². The molecule has 12 heteroatoms. The van der Waals surface area contributed by atoms with Crippen molar-refractivity contribution in [3.63, 3.8) is 0 Å². The molecule has 49 heavy (non-hydrogen) atoms. The highest BCUT2D eigenvalue weighted by Crippen LogP contribution is 2.33. The number of halogens is 1. The van der Waals surface area contributed by atoms with E-state index in [1.807, 2.05) is 32.2 Å². The third-order valence-corrected chi connectivity index (χ3v) is 8.79. The van der Waals surface area contributed by atoms with Crippen LogP contribution >= 0.6 is 0 Å². The van der Waals surface area contributed by atoms with Crippen LogP contribution in [-0.4, -0.2) is 85.2 Å². The number of aliphatic hydroxyl groups excluding tert-OH is 1. The number of carbonyl (C=O) groups is 2. The number of rotatable bonds is 8. The minimum absolute atomic E-state index is 0.0915. The summed E-state index contributed by atoms with van der Waals surface area (Å²) in [5, 5.41) is 15.7. The summed E-state index contributed by atoms with van der Waals surface area (Å²) in [6.07, 6.45) is 2.13. The Balaban J connectivity index is 1.36. The molecule has 3 N–H and O–H groups in total. The maximum absolute atomic E-state index is 14.4. The van der Waals surface area contributed by atoms with Crippen molar-refractivity contribution in [2.24, 2.45) is 5.92 Å². The second-order valence-electron chi connectivity index (χ2n) is 13.0. The second kappa shape index (κ2) is 16.8. The summed E-state index contributed by atoms with van der Waals surface area (Å²) in [6.45, 7) is 8.01. The van der Waals surface area contributed by atoms with Gasteiger partial charge in [0.2, 0.25) is 6.79 Å². The molecule has 3 amide bonds. The van der Waals surface area contributed by atoms with Gasteiger partial charge in [-0.15, -0.1) is 0 Å². The zero-order chi connectivity index (χ0) is 34.9. The fourth-order valence-corrected chi connectivity index (χ4v) is 6.01. The number of hydrogen-bond acceptors (Lipinski definition) is 8. The molecule has 264 valence electrons. The number of ether oxygens (including phenoxy) is 4. The van der Waals surface area contributed by atoms with E-state index >= 15 is 0 Å². The van der Waals surface area contributed by atoms with Gasteiger partial charge < -0.3 is 39.6 Å². The van der Waals surface area contributed by atoms with Crippen LogP contribution in [-0.2, 0) is 11.3 Å². The Kier molecular flexibility index (Phi) is 12.3. The summed E-state index contributed by atoms with van der Waals surface area (Å²) >= 11 is 0. The van der Waals surface area contributed by atoms with Crippen LogP contribution in [0, 0.1) is 11.7 Å². The summed E-state index contributed by atoms with van der Waals surface area (Å²) in [4.78, 5) is 31.0. The first kappa shape index (κ1) is 35.9. The van der Waals surface area contributed by atoms with Crippen LogP contribution in [0.3, 0.4) is 0 Å². The van der Waals surface area contributed by atoms with E-state index in [4.69, 9.17) is 18.9 Å². The number of anilines is 2. The fraction of sp³-hybridized carbons (Fsp3) is 0.459. The van der Waals surface area contributed by atoms with E-state index in [1.165, 1.54) is 24.3 Å². The van der Waals surface area contributed by atoms with E-state index in [0.717, 1.165) is 36.3 Å². The van der Waals surface area contributed by atoms with Crippen molar-refractivity contribution in [1.29, 1.82) is 0 Å². The molecule has 0 bridgehead atoms. The molecular weight excluding hydrogens is 631 g/mol. The number of carbonyl (C=O) groups excluding carboxylic acids is 2. The molecule has 0 aliphatic carbocycles. The van der Waals surface area contributed by atoms with E-state index in [2.05, 4.69) is 22.5 Å². The molecule has 4 atom stereocenters. The lowest BCUT2D eigenvalue weighted by Gasteiger charge is -2.36. The van der Waals surface area contributed by atoms with Crippen molar-refractivity contribution in [1.82, 2.24) is 9.80 Å². The van der Waals surface area contributed by atoms with Gasteiger partial charge in [-0.1, -0.05) is 13.0 Å². The maximum atomic E-state index is 14.4. The highest BCUT2D eigenvalue weighted by molar-refractivity contribution is 6.02. The molecule has 11 nitrogen and oxygen atoms in total. The van der Waals surface area contributed by atoms with Gasteiger partial charge in [-0.25, -0.2) is 9.18 Å². The largest absolute Gasteiger partial charge is 0.490 e. The number of hydrogen-bond donors (Lipinski definition) is 3. The first-order valence-corrected chi connectivity index (χ1v) is 16.8. The van der Waals surface area contributed by atoms with Crippen molar-refractivity contribution in [3.8, 4) is 17.2 Å². The van der Waals surface area contributed by atoms with Crippen LogP contribution in [0.1, 0.15) is 56.0 Å². The minimum Gasteiger partial charge on any atom is -0.490 e. The number of aliphatic hydroxyl groups is 1. The second-order valence-corrected chi connectivity index (χ2v) is 13.0. The van der Waals surface area contributed by atoms with Crippen molar-refractivity contribution >= 4 is 23.3 Å². The molecule has 0 aromatic heterocycles. The van der Waals surface area contributed by atoms with E-state index in [9.17, 15) is 19.1 Å². The SMILES string of the molecule is C[C@@H]1CCCCO[C@@H](CN(C)Cc2ccc3c(c2)OCO3)[C@H](C)CN([C@@H](C)CO)C(=O)c2cc(NC(=O)Nc3ccc(F)cc3)ccc2O1. The Morgan fingerprint density at radius 3 is 2.49 bits per heavy atom. The fourth-order valence-electron chi connectivity index (χ4n) is 6.01. The van der Waals surface area contributed by atoms with Crippen LogP contribution in [0.4, 0.5) is 20.6 Å². The summed E-state index contributed by atoms with van der Waals surface area (Å²) in [7, 11) is 2.04. The van der Waals surface area contributed by atoms with E-state index in [1.54, 1.807) is 30.0 Å². The maximum Gasteiger partial charge on any atom is 0.323 e. The first-order valence-electron chi connectivity index (χ1n) is 16.8. The number of urea groups is 1. The summed E-state index contributed by atoms with van der Waals surface area (Å²) in [5.74, 6) is 1.06. The minimum atomic E-state index is -0.548. The van der Waals surface area contributed by atoms with Crippen molar-refractivity contribution in [2.45, 2.75) is 64.8 Å². The molecule has 0 saturated carbocycles. The van der Waals surface area contributed by atoms with Gasteiger partial charge in [0.15, 0.2) is 11.5 Å². The average Bonchev–Trinajstić information content (AvgIpc) is 3.55. The van der Waals surface area contributed by atoms with Crippen LogP contribution < -0.4 is 24.8 Å². The Morgan fingerprint density at radius 2 is 1.71 bits per heavy atom. The molecule has 0 unspecified atom stereocenters. The number of likely N-dealkylation sites (N-methyl/N-ethyl adjacent to an activating group) is 1. The van der Waals surface area contributed by atoms with Gasteiger partial charge in [0, 0.05) is 43.5 Å². The van der Waals surface area contributed by atoms with Crippen molar-refractivity contribution < 1.29 is 38.0 Å². The van der Waals surface area contributed by atoms with Gasteiger partial charge in [0.25, 0.3) is 5.91 Å². The van der Waals surface area contributed by atoms with Crippen LogP contribution in [0.2, 0.25) is 0 Å². The van der Waals surface area contributed by atoms with Gasteiger partial charge in [0.1, 0.15) is 11.6 Å². The third kappa shape index (κ3) is 9.84. The quantitative estimate of drug-likeness (QED) is 0.261. The molecule has 0 saturated heterocycles. The lowest BCUT2D eigenvalue weighted by atomic mass is 10.0. The smallest absolute Gasteiger partial charge is 0.323 e. The van der Waals surface area contributed by atoms with Gasteiger partial charge in [0.05, 0.1) is 30.4 Å².